The average molecular weight is 333 g/mol. The van der Waals surface area contributed by atoms with Crippen LogP contribution in [-0.2, 0) is 12.8 Å². The van der Waals surface area contributed by atoms with Crippen LogP contribution >= 0.6 is 0 Å². The van der Waals surface area contributed by atoms with Crippen molar-refractivity contribution < 1.29 is 4.74 Å². The zero-order valence-electron chi connectivity index (χ0n) is 15.0. The fraction of sp³-hybridized carbons (Fsp3) is 0.286. The minimum atomic E-state index is 0.784. The fourth-order valence-corrected chi connectivity index (χ4v) is 3.46. The highest BCUT2D eigenvalue weighted by molar-refractivity contribution is 5.58. The zero-order chi connectivity index (χ0) is 17.4. The van der Waals surface area contributed by atoms with Gasteiger partial charge in [0.25, 0.3) is 0 Å². The number of rotatable bonds is 4. The van der Waals surface area contributed by atoms with Gasteiger partial charge in [-0.1, -0.05) is 24.3 Å². The highest BCUT2D eigenvalue weighted by atomic mass is 16.5. The first-order chi connectivity index (χ1) is 12.2. The molecule has 1 aliphatic heterocycles. The molecule has 4 nitrogen and oxygen atoms in total. The highest BCUT2D eigenvalue weighted by Gasteiger charge is 2.23. The molecule has 0 radical (unpaired) electrons. The molecule has 1 N–H and O–H groups in total. The van der Waals surface area contributed by atoms with Gasteiger partial charge in [0, 0.05) is 24.1 Å². The molecule has 1 aliphatic rings. The Labute approximate surface area is 148 Å². The second-order valence-electron chi connectivity index (χ2n) is 6.62. The van der Waals surface area contributed by atoms with Gasteiger partial charge in [-0.3, -0.25) is 0 Å². The number of aromatic nitrogens is 2. The summed E-state index contributed by atoms with van der Waals surface area (Å²) >= 11 is 0. The maximum atomic E-state index is 5.51. The third-order valence-electron chi connectivity index (χ3n) is 5.02. The van der Waals surface area contributed by atoms with E-state index in [9.17, 15) is 0 Å². The second-order valence-corrected chi connectivity index (χ2v) is 6.62. The number of para-hydroxylation sites is 1. The van der Waals surface area contributed by atoms with Crippen LogP contribution in [0.4, 0.5) is 5.82 Å². The van der Waals surface area contributed by atoms with Gasteiger partial charge in [-0.05, 0) is 49.6 Å². The lowest BCUT2D eigenvalue weighted by Gasteiger charge is -2.09. The molecule has 0 spiro atoms. The number of nitrogens with zero attached hydrogens (tertiary/aromatic N) is 2. The molecule has 0 unspecified atom stereocenters. The Morgan fingerprint density at radius 1 is 1.12 bits per heavy atom. The van der Waals surface area contributed by atoms with E-state index < -0.39 is 0 Å². The molecular formula is C21H23N3O. The summed E-state index contributed by atoms with van der Waals surface area (Å²) in [6.45, 7) is 5.25. The molecule has 0 fully saturated rings. The van der Waals surface area contributed by atoms with E-state index in [0.717, 1.165) is 42.3 Å². The van der Waals surface area contributed by atoms with Gasteiger partial charge in [-0.15, -0.1) is 0 Å². The predicted octanol–water partition coefficient (Wildman–Crippen LogP) is 4.06. The van der Waals surface area contributed by atoms with Crippen LogP contribution in [0.5, 0.6) is 5.75 Å². The van der Waals surface area contributed by atoms with Gasteiger partial charge in [-0.2, -0.15) is 5.10 Å². The number of hydrogen-bond acceptors (Lipinski definition) is 3. The SMILES string of the molecule is COc1ccccc1Cc1nn(-c2ccc(C)c(C)c2)c2c1CCN2. The largest absolute Gasteiger partial charge is 0.496 e. The fourth-order valence-electron chi connectivity index (χ4n) is 3.46. The highest BCUT2D eigenvalue weighted by Crippen LogP contribution is 2.32. The summed E-state index contributed by atoms with van der Waals surface area (Å²) in [5.41, 5.74) is 7.32. The minimum absolute atomic E-state index is 0.784. The molecule has 0 atom stereocenters. The van der Waals surface area contributed by atoms with E-state index in [-0.39, 0.29) is 0 Å². The van der Waals surface area contributed by atoms with Crippen LogP contribution in [0.25, 0.3) is 5.69 Å². The molecule has 2 heterocycles. The van der Waals surface area contributed by atoms with E-state index >= 15 is 0 Å². The second kappa shape index (κ2) is 6.28. The Kier molecular flexibility index (Phi) is 3.96. The molecule has 2 aromatic carbocycles. The first kappa shape index (κ1) is 15.8. The van der Waals surface area contributed by atoms with Gasteiger partial charge in [-0.25, -0.2) is 4.68 Å². The number of anilines is 1. The van der Waals surface area contributed by atoms with E-state index in [2.05, 4.69) is 54.2 Å². The minimum Gasteiger partial charge on any atom is -0.496 e. The van der Waals surface area contributed by atoms with Gasteiger partial charge < -0.3 is 10.1 Å². The van der Waals surface area contributed by atoms with Crippen LogP contribution in [0.1, 0.15) is 27.9 Å². The number of fused-ring (bicyclic) bond motifs is 1. The maximum absolute atomic E-state index is 5.51. The van der Waals surface area contributed by atoms with Crippen LogP contribution in [0, 0.1) is 13.8 Å². The monoisotopic (exact) mass is 333 g/mol. The Morgan fingerprint density at radius 2 is 1.96 bits per heavy atom. The van der Waals surface area contributed by atoms with Gasteiger partial charge in [0.2, 0.25) is 0 Å². The first-order valence-electron chi connectivity index (χ1n) is 8.71. The molecule has 1 aromatic heterocycles. The van der Waals surface area contributed by atoms with E-state index in [1.165, 1.54) is 22.3 Å². The number of nitrogens with one attached hydrogen (secondary N) is 1. The molecule has 4 heteroatoms. The molecule has 4 rings (SSSR count). The molecule has 128 valence electrons. The number of hydrogen-bond donors (Lipinski definition) is 1. The molecule has 0 bridgehead atoms. The lowest BCUT2D eigenvalue weighted by molar-refractivity contribution is 0.410. The molecule has 0 aliphatic carbocycles. The van der Waals surface area contributed by atoms with Crippen molar-refractivity contribution in [3.8, 4) is 11.4 Å². The molecular weight excluding hydrogens is 310 g/mol. The first-order valence-corrected chi connectivity index (χ1v) is 8.71. The van der Waals surface area contributed by atoms with Crippen LogP contribution in [0.2, 0.25) is 0 Å². The summed E-state index contributed by atoms with van der Waals surface area (Å²) < 4.78 is 7.56. The lowest BCUT2D eigenvalue weighted by atomic mass is 10.0. The van der Waals surface area contributed by atoms with Crippen LogP contribution in [-0.4, -0.2) is 23.4 Å². The zero-order valence-corrected chi connectivity index (χ0v) is 15.0. The summed E-state index contributed by atoms with van der Waals surface area (Å²) in [7, 11) is 1.72. The van der Waals surface area contributed by atoms with Gasteiger partial charge in [0.1, 0.15) is 11.6 Å². The van der Waals surface area contributed by atoms with Gasteiger partial charge in [0.05, 0.1) is 18.5 Å². The summed E-state index contributed by atoms with van der Waals surface area (Å²) in [5.74, 6) is 2.05. The summed E-state index contributed by atoms with van der Waals surface area (Å²) in [5, 5.41) is 8.45. The normalized spacial score (nSPS) is 12.8. The van der Waals surface area contributed by atoms with Gasteiger partial charge in [0.15, 0.2) is 0 Å². The van der Waals surface area contributed by atoms with Crippen LogP contribution in [0.15, 0.2) is 42.5 Å². The number of benzene rings is 2. The smallest absolute Gasteiger partial charge is 0.133 e. The van der Waals surface area contributed by atoms with Crippen LogP contribution < -0.4 is 10.1 Å². The average Bonchev–Trinajstić information content (AvgIpc) is 3.22. The molecule has 0 saturated heterocycles. The van der Waals surface area contributed by atoms with Crippen molar-refractivity contribution in [2.75, 3.05) is 19.0 Å². The van der Waals surface area contributed by atoms with Crippen molar-refractivity contribution in [2.24, 2.45) is 0 Å². The third kappa shape index (κ3) is 2.78. The summed E-state index contributed by atoms with van der Waals surface area (Å²) in [6.07, 6.45) is 1.80. The van der Waals surface area contributed by atoms with E-state index in [1.54, 1.807) is 7.11 Å². The molecule has 0 saturated carbocycles. The van der Waals surface area contributed by atoms with Crippen molar-refractivity contribution in [1.29, 1.82) is 0 Å². The predicted molar refractivity (Wildman–Crippen MR) is 101 cm³/mol. The van der Waals surface area contributed by atoms with Crippen molar-refractivity contribution in [2.45, 2.75) is 26.7 Å². The Balaban J connectivity index is 1.76. The van der Waals surface area contributed by atoms with Crippen molar-refractivity contribution in [3.63, 3.8) is 0 Å². The van der Waals surface area contributed by atoms with E-state index in [0.29, 0.717) is 0 Å². The van der Waals surface area contributed by atoms with Crippen molar-refractivity contribution >= 4 is 5.82 Å². The topological polar surface area (TPSA) is 39.1 Å². The molecule has 0 amide bonds. The number of aryl methyl sites for hydroxylation is 2. The summed E-state index contributed by atoms with van der Waals surface area (Å²) in [6, 6.07) is 14.7. The maximum Gasteiger partial charge on any atom is 0.133 e. The van der Waals surface area contributed by atoms with Crippen molar-refractivity contribution in [1.82, 2.24) is 9.78 Å². The van der Waals surface area contributed by atoms with Gasteiger partial charge >= 0.3 is 0 Å². The van der Waals surface area contributed by atoms with E-state index in [1.807, 2.05) is 12.1 Å². The Hall–Kier alpha value is -2.75. The Morgan fingerprint density at radius 3 is 2.76 bits per heavy atom. The summed E-state index contributed by atoms with van der Waals surface area (Å²) in [4.78, 5) is 0. The Bertz CT molecular complexity index is 927. The third-order valence-corrected chi connectivity index (χ3v) is 5.02. The molecule has 25 heavy (non-hydrogen) atoms. The standard InChI is InChI=1S/C21H23N3O/c1-14-8-9-17(12-15(14)2)24-21-18(10-11-22-21)19(23-24)13-16-6-4-5-7-20(16)25-3/h4-9,12,22H,10-11,13H2,1-3H3. The molecule has 3 aromatic rings. The van der Waals surface area contributed by atoms with Crippen LogP contribution in [0.3, 0.4) is 0 Å². The number of methoxy groups -OCH3 is 1. The number of ether oxygens (including phenoxy) is 1. The lowest BCUT2D eigenvalue weighted by Crippen LogP contribution is -2.06. The quantitative estimate of drug-likeness (QED) is 0.783. The van der Waals surface area contributed by atoms with Crippen molar-refractivity contribution in [3.05, 3.63) is 70.4 Å². The van der Waals surface area contributed by atoms with E-state index in [4.69, 9.17) is 9.84 Å².